The summed E-state index contributed by atoms with van der Waals surface area (Å²) in [5.74, 6) is -3.51. The number of carboxylic acid groups (broad SMARTS) is 2. The molecule has 2 aliphatic heterocycles. The average molecular weight is 813 g/mol. The number of carboxylic acids is 2. The highest BCUT2D eigenvalue weighted by Crippen LogP contribution is 2.24. The number of thioether (sulfide) groups is 2. The number of benzene rings is 2. The highest BCUT2D eigenvalue weighted by molar-refractivity contribution is 8.13. The number of likely N-dealkylation sites (tertiary alicyclic amines) is 2. The van der Waals surface area contributed by atoms with Gasteiger partial charge in [0, 0.05) is 63.1 Å². The van der Waals surface area contributed by atoms with Gasteiger partial charge in [-0.15, -0.1) is 0 Å². The fourth-order valence-corrected chi connectivity index (χ4v) is 7.69. The maximum Gasteiger partial charge on any atom is 0.326 e. The second kappa shape index (κ2) is 22.8. The summed E-state index contributed by atoms with van der Waals surface area (Å²) in [7, 11) is 0. The van der Waals surface area contributed by atoms with Crippen molar-refractivity contribution in [1.29, 1.82) is 0 Å². The lowest BCUT2D eigenvalue weighted by Crippen LogP contribution is -2.52. The van der Waals surface area contributed by atoms with Crippen molar-refractivity contribution in [2.75, 3.05) is 24.6 Å². The van der Waals surface area contributed by atoms with Crippen LogP contribution < -0.4 is 10.6 Å². The number of aliphatic carboxylic acids is 2. The molecule has 2 aromatic rings. The Morgan fingerprint density at radius 1 is 0.625 bits per heavy atom. The number of hydrogen-bond acceptors (Lipinski definition) is 10. The Balaban J connectivity index is 0.000000300. The molecule has 4 N–H and O–H groups in total. The third kappa shape index (κ3) is 14.4. The lowest BCUT2D eigenvalue weighted by Gasteiger charge is -2.27. The van der Waals surface area contributed by atoms with Crippen LogP contribution in [0.3, 0.4) is 0 Å². The number of nitrogens with zero attached hydrogens (tertiary/aromatic N) is 2. The van der Waals surface area contributed by atoms with Gasteiger partial charge in [-0.25, -0.2) is 9.59 Å². The molecular weight excluding hydrogens is 761 g/mol. The molecular formula is C40H52N4O10S2. The van der Waals surface area contributed by atoms with Crippen molar-refractivity contribution in [3.05, 3.63) is 71.8 Å². The van der Waals surface area contributed by atoms with E-state index in [1.807, 2.05) is 60.7 Å². The van der Waals surface area contributed by atoms with E-state index < -0.39 is 47.9 Å². The standard InChI is InChI=1S/2C20H26N2O5S/c2*1-13(12-28-14(2)23)19(25)22-10-6-9-17(22)18(24)21-16(20(26)27)11-15-7-4-3-5-8-15/h2*3-5,7-8,13,16-17H,6,9-12H2,1-2H3,(H,21,24)(H,26,27)/t2*13-,16+,17+/m11/s1. The van der Waals surface area contributed by atoms with E-state index in [4.69, 9.17) is 0 Å². The second-order valence-electron chi connectivity index (χ2n) is 14.0. The summed E-state index contributed by atoms with van der Waals surface area (Å²) in [5, 5.41) is 24.0. The molecule has 0 spiro atoms. The molecule has 4 rings (SSSR count). The van der Waals surface area contributed by atoms with Crippen molar-refractivity contribution in [2.24, 2.45) is 11.8 Å². The Morgan fingerprint density at radius 2 is 0.964 bits per heavy atom. The van der Waals surface area contributed by atoms with Crippen molar-refractivity contribution in [3.63, 3.8) is 0 Å². The number of rotatable bonds is 16. The van der Waals surface area contributed by atoms with E-state index >= 15 is 0 Å². The lowest BCUT2D eigenvalue weighted by molar-refractivity contribution is -0.145. The fourth-order valence-electron chi connectivity index (χ4n) is 6.44. The minimum atomic E-state index is -1.11. The van der Waals surface area contributed by atoms with Crippen molar-refractivity contribution in [3.8, 4) is 0 Å². The molecule has 14 nitrogen and oxygen atoms in total. The number of nitrogens with one attached hydrogen (secondary N) is 2. The molecule has 2 aromatic carbocycles. The molecule has 0 radical (unpaired) electrons. The molecule has 0 saturated carbocycles. The highest BCUT2D eigenvalue weighted by atomic mass is 32.2. The third-order valence-corrected chi connectivity index (χ3v) is 11.5. The monoisotopic (exact) mass is 812 g/mol. The first kappa shape index (κ1) is 45.7. The van der Waals surface area contributed by atoms with Gasteiger partial charge < -0.3 is 30.6 Å². The predicted molar refractivity (Wildman–Crippen MR) is 214 cm³/mol. The van der Waals surface area contributed by atoms with Crippen molar-refractivity contribution < 1.29 is 48.6 Å². The van der Waals surface area contributed by atoms with Crippen LogP contribution in [0.5, 0.6) is 0 Å². The molecule has 2 heterocycles. The van der Waals surface area contributed by atoms with Crippen LogP contribution >= 0.6 is 23.5 Å². The fraction of sp³-hybridized carbons (Fsp3) is 0.500. The Hall–Kier alpha value is -4.70. The summed E-state index contributed by atoms with van der Waals surface area (Å²) in [4.78, 5) is 99.3. The Kier molecular flexibility index (Phi) is 18.6. The topological polar surface area (TPSA) is 208 Å². The maximum absolute atomic E-state index is 12.7. The predicted octanol–water partition coefficient (Wildman–Crippen LogP) is 3.41. The van der Waals surface area contributed by atoms with E-state index in [2.05, 4.69) is 10.6 Å². The van der Waals surface area contributed by atoms with Crippen LogP contribution in [-0.2, 0) is 51.2 Å². The van der Waals surface area contributed by atoms with Crippen molar-refractivity contribution >= 4 is 69.3 Å². The molecule has 0 aromatic heterocycles. The van der Waals surface area contributed by atoms with Crippen LogP contribution in [0.25, 0.3) is 0 Å². The number of hydrogen-bond donors (Lipinski definition) is 4. The SMILES string of the molecule is CC(=O)SC[C@@H](C)C(=O)N1CCC[C@H]1C(=O)N[C@@H](Cc1ccccc1)C(=O)O.CC(=O)SC[C@@H](C)C(=O)N1CCC[C@H]1C(=O)N[C@@H](Cc1ccccc1)C(=O)O. The van der Waals surface area contributed by atoms with Gasteiger partial charge in [-0.05, 0) is 36.8 Å². The maximum atomic E-state index is 12.7. The van der Waals surface area contributed by atoms with Crippen LogP contribution in [-0.4, -0.2) is 115 Å². The summed E-state index contributed by atoms with van der Waals surface area (Å²) >= 11 is 2.17. The van der Waals surface area contributed by atoms with Crippen LogP contribution in [0.1, 0.15) is 64.5 Å². The molecule has 304 valence electrons. The van der Waals surface area contributed by atoms with Crippen molar-refractivity contribution in [2.45, 2.75) is 90.4 Å². The third-order valence-electron chi connectivity index (χ3n) is 9.39. The van der Waals surface area contributed by atoms with Crippen LogP contribution in [0.2, 0.25) is 0 Å². The van der Waals surface area contributed by atoms with Gasteiger partial charge in [-0.3, -0.25) is 28.8 Å². The number of carbonyl (C=O) groups excluding carboxylic acids is 6. The largest absolute Gasteiger partial charge is 0.480 e. The second-order valence-corrected chi connectivity index (χ2v) is 16.4. The molecule has 0 aliphatic carbocycles. The smallest absolute Gasteiger partial charge is 0.326 e. The van der Waals surface area contributed by atoms with Gasteiger partial charge in [0.25, 0.3) is 0 Å². The molecule has 16 heteroatoms. The van der Waals surface area contributed by atoms with Gasteiger partial charge >= 0.3 is 11.9 Å². The molecule has 0 unspecified atom stereocenters. The highest BCUT2D eigenvalue weighted by Gasteiger charge is 2.39. The number of amides is 4. The zero-order valence-corrected chi connectivity index (χ0v) is 33.8. The molecule has 2 fully saturated rings. The summed E-state index contributed by atoms with van der Waals surface area (Å²) in [6.07, 6.45) is 2.73. The van der Waals surface area contributed by atoms with Gasteiger partial charge in [-0.1, -0.05) is 98.0 Å². The van der Waals surface area contributed by atoms with E-state index in [1.54, 1.807) is 13.8 Å². The normalized spacial score (nSPS) is 18.4. The summed E-state index contributed by atoms with van der Waals surface area (Å²) in [6.45, 7) is 7.30. The zero-order chi connectivity index (χ0) is 41.4. The van der Waals surface area contributed by atoms with Gasteiger partial charge in [0.15, 0.2) is 10.2 Å². The van der Waals surface area contributed by atoms with E-state index in [1.165, 1.54) is 23.6 Å². The molecule has 2 saturated heterocycles. The van der Waals surface area contributed by atoms with E-state index in [9.17, 15) is 48.6 Å². The Morgan fingerprint density at radius 3 is 1.27 bits per heavy atom. The van der Waals surface area contributed by atoms with Crippen LogP contribution in [0.4, 0.5) is 0 Å². The molecule has 0 bridgehead atoms. The van der Waals surface area contributed by atoms with Gasteiger partial charge in [0.1, 0.15) is 24.2 Å². The van der Waals surface area contributed by atoms with Crippen molar-refractivity contribution in [1.82, 2.24) is 20.4 Å². The van der Waals surface area contributed by atoms with Gasteiger partial charge in [0.2, 0.25) is 23.6 Å². The first-order valence-electron chi connectivity index (χ1n) is 18.6. The van der Waals surface area contributed by atoms with E-state index in [-0.39, 0.29) is 46.7 Å². The van der Waals surface area contributed by atoms with Crippen LogP contribution in [0.15, 0.2) is 60.7 Å². The van der Waals surface area contributed by atoms with Gasteiger partial charge in [-0.2, -0.15) is 0 Å². The van der Waals surface area contributed by atoms with E-state index in [0.29, 0.717) is 50.3 Å². The molecule has 4 amide bonds. The molecule has 56 heavy (non-hydrogen) atoms. The summed E-state index contributed by atoms with van der Waals surface area (Å²) < 4.78 is 0. The first-order chi connectivity index (χ1) is 26.6. The van der Waals surface area contributed by atoms with E-state index in [0.717, 1.165) is 34.7 Å². The minimum absolute atomic E-state index is 0.0550. The van der Waals surface area contributed by atoms with Crippen LogP contribution in [0, 0.1) is 11.8 Å². The quantitative estimate of drug-likeness (QED) is 0.192. The average Bonchev–Trinajstić information content (AvgIpc) is 3.87. The van der Waals surface area contributed by atoms with Gasteiger partial charge in [0.05, 0.1) is 0 Å². The Labute approximate surface area is 335 Å². The minimum Gasteiger partial charge on any atom is -0.480 e. The zero-order valence-electron chi connectivity index (χ0n) is 32.2. The number of carbonyl (C=O) groups is 8. The molecule has 2 aliphatic rings. The molecule has 6 atom stereocenters. The summed E-state index contributed by atoms with van der Waals surface area (Å²) in [5.41, 5.74) is 1.62. The summed E-state index contributed by atoms with van der Waals surface area (Å²) in [6, 6.07) is 14.7. The first-order valence-corrected chi connectivity index (χ1v) is 20.6. The Bertz CT molecular complexity index is 1570. The lowest BCUT2D eigenvalue weighted by atomic mass is 10.1.